The zero-order valence-electron chi connectivity index (χ0n) is 23.0. The van der Waals surface area contributed by atoms with Crippen LogP contribution in [0.2, 0.25) is 18.1 Å². The zero-order valence-corrected chi connectivity index (χ0v) is 24.0. The molecule has 0 spiro atoms. The standard InChI is InChI=1S/C25H44FN3O6Si/c1-16(35-36(8,9)25(5,6)7)14-28-15-19(30)20(29-23(32)34-24(2,3)4)21(33-22(27)31)17-11-10-12-18(26)13-17/h10-13,16,19-21,28,30H,14-15H2,1-9H3,(H2,27,31)(H,29,32)/t16-,19+,20-,21?/m0/s1. The van der Waals surface area contributed by atoms with Crippen LogP contribution in [-0.4, -0.2) is 62.6 Å². The number of ether oxygens (including phenoxy) is 2. The Bertz CT molecular complexity index is 872. The molecule has 0 fully saturated rings. The van der Waals surface area contributed by atoms with E-state index >= 15 is 0 Å². The molecule has 0 aliphatic carbocycles. The fourth-order valence-corrected chi connectivity index (χ4v) is 4.70. The third-order valence-electron chi connectivity index (χ3n) is 5.93. The second-order valence-electron chi connectivity index (χ2n) is 11.5. The second kappa shape index (κ2) is 12.8. The maximum atomic E-state index is 14.0. The number of aliphatic hydroxyl groups excluding tert-OH is 1. The summed E-state index contributed by atoms with van der Waals surface area (Å²) in [4.78, 5) is 24.2. The van der Waals surface area contributed by atoms with Crippen molar-refractivity contribution in [1.82, 2.24) is 10.6 Å². The van der Waals surface area contributed by atoms with Gasteiger partial charge in [0.2, 0.25) is 0 Å². The molecule has 9 nitrogen and oxygen atoms in total. The van der Waals surface area contributed by atoms with Crippen molar-refractivity contribution in [1.29, 1.82) is 0 Å². The van der Waals surface area contributed by atoms with Crippen molar-refractivity contribution < 1.29 is 33.0 Å². The van der Waals surface area contributed by atoms with E-state index in [-0.39, 0.29) is 23.3 Å². The van der Waals surface area contributed by atoms with Crippen molar-refractivity contribution in [3.63, 3.8) is 0 Å². The monoisotopic (exact) mass is 529 g/mol. The van der Waals surface area contributed by atoms with Crippen LogP contribution in [0.1, 0.15) is 60.1 Å². The molecule has 36 heavy (non-hydrogen) atoms. The Labute approximate surface area is 215 Å². The highest BCUT2D eigenvalue weighted by Gasteiger charge is 2.39. The van der Waals surface area contributed by atoms with E-state index in [1.165, 1.54) is 18.2 Å². The lowest BCUT2D eigenvalue weighted by atomic mass is 9.97. The molecule has 206 valence electrons. The molecular formula is C25H44FN3O6Si. The Kier molecular flexibility index (Phi) is 11.4. The summed E-state index contributed by atoms with van der Waals surface area (Å²) in [6.07, 6.45) is -4.64. The van der Waals surface area contributed by atoms with Crippen molar-refractivity contribution >= 4 is 20.5 Å². The molecule has 0 radical (unpaired) electrons. The molecule has 0 saturated heterocycles. The quantitative estimate of drug-likeness (QED) is 0.316. The second-order valence-corrected chi connectivity index (χ2v) is 16.3. The lowest BCUT2D eigenvalue weighted by Gasteiger charge is -2.38. The Morgan fingerprint density at radius 1 is 1.14 bits per heavy atom. The molecule has 1 rings (SSSR count). The van der Waals surface area contributed by atoms with Gasteiger partial charge in [-0.15, -0.1) is 0 Å². The Balaban J connectivity index is 3.07. The van der Waals surface area contributed by atoms with Crippen LogP contribution < -0.4 is 16.4 Å². The number of alkyl carbamates (subject to hydrolysis) is 1. The van der Waals surface area contributed by atoms with Gasteiger partial charge in [-0.05, 0) is 63.5 Å². The maximum Gasteiger partial charge on any atom is 0.408 e. The van der Waals surface area contributed by atoms with Crippen LogP contribution in [0.4, 0.5) is 14.0 Å². The Morgan fingerprint density at radius 2 is 1.75 bits per heavy atom. The highest BCUT2D eigenvalue weighted by molar-refractivity contribution is 6.74. The highest BCUT2D eigenvalue weighted by atomic mass is 28.4. The third kappa shape index (κ3) is 10.8. The van der Waals surface area contributed by atoms with Crippen LogP contribution in [0.3, 0.4) is 0 Å². The molecule has 2 amide bonds. The zero-order chi connectivity index (χ0) is 27.9. The van der Waals surface area contributed by atoms with Gasteiger partial charge in [0.15, 0.2) is 14.4 Å². The number of carbonyl (C=O) groups excluding carboxylic acids is 2. The number of carbonyl (C=O) groups is 2. The van der Waals surface area contributed by atoms with Crippen LogP contribution in [0.15, 0.2) is 24.3 Å². The van der Waals surface area contributed by atoms with E-state index in [0.29, 0.717) is 6.54 Å². The van der Waals surface area contributed by atoms with E-state index in [9.17, 15) is 19.1 Å². The lowest BCUT2D eigenvalue weighted by Crippen LogP contribution is -2.53. The molecule has 0 aliphatic heterocycles. The number of hydrogen-bond acceptors (Lipinski definition) is 7. The minimum atomic E-state index is -1.98. The number of nitrogens with one attached hydrogen (secondary N) is 2. The number of halogens is 1. The van der Waals surface area contributed by atoms with Gasteiger partial charge in [-0.1, -0.05) is 32.9 Å². The average molecular weight is 530 g/mol. The average Bonchev–Trinajstić information content (AvgIpc) is 2.67. The van der Waals surface area contributed by atoms with Crippen molar-refractivity contribution in [2.45, 2.75) is 96.6 Å². The summed E-state index contributed by atoms with van der Waals surface area (Å²) in [5.41, 5.74) is 4.66. The fraction of sp³-hybridized carbons (Fsp3) is 0.680. The molecule has 1 unspecified atom stereocenters. The molecule has 1 aromatic carbocycles. The van der Waals surface area contributed by atoms with E-state index in [4.69, 9.17) is 19.6 Å². The Morgan fingerprint density at radius 3 is 2.25 bits per heavy atom. The molecule has 11 heteroatoms. The summed E-state index contributed by atoms with van der Waals surface area (Å²) >= 11 is 0. The molecule has 0 heterocycles. The topological polar surface area (TPSA) is 132 Å². The molecule has 0 aromatic heterocycles. The minimum absolute atomic E-state index is 0.0135. The first-order valence-corrected chi connectivity index (χ1v) is 15.0. The fourth-order valence-electron chi connectivity index (χ4n) is 3.26. The number of hydrogen-bond donors (Lipinski definition) is 4. The summed E-state index contributed by atoms with van der Waals surface area (Å²) in [7, 11) is -1.98. The normalized spacial score (nSPS) is 16.0. The van der Waals surface area contributed by atoms with Crippen molar-refractivity contribution in [2.75, 3.05) is 13.1 Å². The van der Waals surface area contributed by atoms with Crippen molar-refractivity contribution in [3.05, 3.63) is 35.6 Å². The van der Waals surface area contributed by atoms with Gasteiger partial charge in [0.05, 0.1) is 12.2 Å². The predicted molar refractivity (Wildman–Crippen MR) is 140 cm³/mol. The summed E-state index contributed by atoms with van der Waals surface area (Å²) < 4.78 is 30.8. The van der Waals surface area contributed by atoms with Crippen LogP contribution >= 0.6 is 0 Å². The van der Waals surface area contributed by atoms with E-state index in [1.54, 1.807) is 20.8 Å². The van der Waals surface area contributed by atoms with Gasteiger partial charge >= 0.3 is 12.2 Å². The predicted octanol–water partition coefficient (Wildman–Crippen LogP) is 4.22. The summed E-state index contributed by atoms with van der Waals surface area (Å²) in [5, 5.41) is 16.8. The van der Waals surface area contributed by atoms with Crippen LogP contribution in [0.25, 0.3) is 0 Å². The number of benzene rings is 1. The molecule has 0 saturated carbocycles. The first-order chi connectivity index (χ1) is 16.3. The molecule has 5 N–H and O–H groups in total. The summed E-state index contributed by atoms with van der Waals surface area (Å²) in [6, 6.07) is 4.11. The number of amides is 2. The van der Waals surface area contributed by atoms with E-state index in [2.05, 4.69) is 44.5 Å². The van der Waals surface area contributed by atoms with Crippen LogP contribution in [-0.2, 0) is 13.9 Å². The van der Waals surface area contributed by atoms with Gasteiger partial charge in [-0.25, -0.2) is 14.0 Å². The van der Waals surface area contributed by atoms with Gasteiger partial charge in [0.25, 0.3) is 0 Å². The van der Waals surface area contributed by atoms with E-state index in [1.807, 2.05) is 6.92 Å². The molecule has 4 atom stereocenters. The molecule has 0 aliphatic rings. The van der Waals surface area contributed by atoms with Gasteiger partial charge < -0.3 is 35.4 Å². The van der Waals surface area contributed by atoms with Gasteiger partial charge in [0, 0.05) is 13.1 Å². The van der Waals surface area contributed by atoms with Crippen molar-refractivity contribution in [2.24, 2.45) is 5.73 Å². The van der Waals surface area contributed by atoms with E-state index < -0.39 is 50.2 Å². The summed E-state index contributed by atoms with van der Waals surface area (Å²) in [6.45, 7) is 18.2. The molecule has 1 aromatic rings. The first-order valence-electron chi connectivity index (χ1n) is 12.1. The Hall–Kier alpha value is -2.21. The van der Waals surface area contributed by atoms with E-state index in [0.717, 1.165) is 6.07 Å². The molecule has 0 bridgehead atoms. The first kappa shape index (κ1) is 31.8. The van der Waals surface area contributed by atoms with Gasteiger partial charge in [-0.2, -0.15) is 0 Å². The number of primary amides is 1. The smallest absolute Gasteiger partial charge is 0.408 e. The number of rotatable bonds is 11. The summed E-state index contributed by atoms with van der Waals surface area (Å²) in [5.74, 6) is -0.578. The van der Waals surface area contributed by atoms with Crippen molar-refractivity contribution in [3.8, 4) is 0 Å². The highest BCUT2D eigenvalue weighted by Crippen LogP contribution is 2.37. The number of nitrogens with two attached hydrogens (primary N) is 1. The molecular weight excluding hydrogens is 485 g/mol. The minimum Gasteiger partial charge on any atom is -0.444 e. The maximum absolute atomic E-state index is 14.0. The SMILES string of the molecule is C[C@@H](CNC[C@@H](O)[C@H](NC(=O)OC(C)(C)C)C(OC(N)=O)c1cccc(F)c1)O[Si](C)(C)C(C)(C)C. The third-order valence-corrected chi connectivity index (χ3v) is 10.5. The van der Waals surface area contributed by atoms with Crippen LogP contribution in [0, 0.1) is 5.82 Å². The number of aliphatic hydroxyl groups is 1. The lowest BCUT2D eigenvalue weighted by molar-refractivity contribution is 0.00701. The largest absolute Gasteiger partial charge is 0.444 e. The van der Waals surface area contributed by atoms with Gasteiger partial charge in [0.1, 0.15) is 17.5 Å². The van der Waals surface area contributed by atoms with Crippen LogP contribution in [0.5, 0.6) is 0 Å². The van der Waals surface area contributed by atoms with Gasteiger partial charge in [-0.3, -0.25) is 0 Å².